The van der Waals surface area contributed by atoms with E-state index < -0.39 is 6.09 Å². The normalized spacial score (nSPS) is 10.6. The molecule has 0 spiro atoms. The minimum Gasteiger partial charge on any atom is -0.490 e. The van der Waals surface area contributed by atoms with E-state index in [0.29, 0.717) is 39.8 Å². The standard InChI is InChI=1S/C18H18BrClN2O4/c1-3-25-16-9-12(10-21-22-18(23)24-2)8-14(19)17(16)26-11-13-6-4-5-7-15(13)20/h4-10H,3,11H2,1-2H3,(H,22,23). The van der Waals surface area contributed by atoms with Gasteiger partial charge in [0.1, 0.15) is 6.61 Å². The molecule has 0 unspecified atom stereocenters. The number of carbonyl (C=O) groups is 1. The van der Waals surface area contributed by atoms with Crippen LogP contribution in [0.3, 0.4) is 0 Å². The summed E-state index contributed by atoms with van der Waals surface area (Å²) in [6.45, 7) is 2.65. The van der Waals surface area contributed by atoms with Crippen molar-refractivity contribution in [2.24, 2.45) is 5.10 Å². The van der Waals surface area contributed by atoms with Crippen molar-refractivity contribution in [2.45, 2.75) is 13.5 Å². The first-order valence-electron chi connectivity index (χ1n) is 7.74. The van der Waals surface area contributed by atoms with Gasteiger partial charge in [0.05, 0.1) is 24.4 Å². The Hall–Kier alpha value is -2.25. The molecule has 1 amide bonds. The summed E-state index contributed by atoms with van der Waals surface area (Å²) in [7, 11) is 1.26. The molecule has 0 heterocycles. The number of carbonyl (C=O) groups excluding carboxylic acids is 1. The predicted octanol–water partition coefficient (Wildman–Crippen LogP) is 4.77. The minimum absolute atomic E-state index is 0.301. The number of hydrogen-bond acceptors (Lipinski definition) is 5. The lowest BCUT2D eigenvalue weighted by molar-refractivity contribution is 0.171. The summed E-state index contributed by atoms with van der Waals surface area (Å²) >= 11 is 9.65. The molecule has 0 bridgehead atoms. The number of benzene rings is 2. The molecule has 0 aliphatic carbocycles. The minimum atomic E-state index is -0.648. The summed E-state index contributed by atoms with van der Waals surface area (Å²) in [6.07, 6.45) is 0.826. The highest BCUT2D eigenvalue weighted by molar-refractivity contribution is 9.10. The van der Waals surface area contributed by atoms with E-state index in [2.05, 4.69) is 31.2 Å². The van der Waals surface area contributed by atoms with E-state index in [0.717, 1.165) is 5.56 Å². The monoisotopic (exact) mass is 440 g/mol. The second-order valence-corrected chi connectivity index (χ2v) is 6.27. The molecule has 8 heteroatoms. The number of hydrogen-bond donors (Lipinski definition) is 1. The van der Waals surface area contributed by atoms with Gasteiger partial charge in [-0.05, 0) is 46.6 Å². The molecule has 2 rings (SSSR count). The van der Waals surface area contributed by atoms with Crippen LogP contribution in [-0.2, 0) is 11.3 Å². The van der Waals surface area contributed by atoms with E-state index in [1.165, 1.54) is 13.3 Å². The van der Waals surface area contributed by atoms with Gasteiger partial charge in [0, 0.05) is 10.6 Å². The van der Waals surface area contributed by atoms with E-state index in [-0.39, 0.29) is 0 Å². The van der Waals surface area contributed by atoms with Crippen LogP contribution in [0.4, 0.5) is 4.79 Å². The van der Waals surface area contributed by atoms with E-state index in [1.54, 1.807) is 12.1 Å². The third-order valence-corrected chi connectivity index (χ3v) is 4.17. The number of halogens is 2. The van der Waals surface area contributed by atoms with Gasteiger partial charge in [0.15, 0.2) is 11.5 Å². The zero-order valence-corrected chi connectivity index (χ0v) is 16.6. The average Bonchev–Trinajstić information content (AvgIpc) is 2.62. The molecular weight excluding hydrogens is 424 g/mol. The Kier molecular flexibility index (Phi) is 7.74. The van der Waals surface area contributed by atoms with Crippen molar-refractivity contribution < 1.29 is 19.0 Å². The van der Waals surface area contributed by atoms with Gasteiger partial charge in [-0.2, -0.15) is 5.10 Å². The summed E-state index contributed by atoms with van der Waals surface area (Å²) in [4.78, 5) is 11.0. The Morgan fingerprint density at radius 2 is 2.08 bits per heavy atom. The summed E-state index contributed by atoms with van der Waals surface area (Å²) in [6, 6.07) is 11.0. The van der Waals surface area contributed by atoms with E-state index in [9.17, 15) is 4.79 Å². The van der Waals surface area contributed by atoms with Gasteiger partial charge in [-0.1, -0.05) is 29.8 Å². The molecule has 0 saturated heterocycles. The highest BCUT2D eigenvalue weighted by Gasteiger charge is 2.13. The number of rotatable bonds is 7. The molecule has 6 nitrogen and oxygen atoms in total. The van der Waals surface area contributed by atoms with Crippen molar-refractivity contribution in [1.29, 1.82) is 0 Å². The number of nitrogens with one attached hydrogen (secondary N) is 1. The van der Waals surface area contributed by atoms with E-state index in [4.69, 9.17) is 21.1 Å². The molecule has 2 aromatic carbocycles. The summed E-state index contributed by atoms with van der Waals surface area (Å²) in [5.74, 6) is 1.11. The molecule has 138 valence electrons. The van der Waals surface area contributed by atoms with Gasteiger partial charge >= 0.3 is 6.09 Å². The summed E-state index contributed by atoms with van der Waals surface area (Å²) in [5.41, 5.74) is 3.81. The maximum absolute atomic E-state index is 11.0. The molecule has 0 aliphatic rings. The van der Waals surface area contributed by atoms with Gasteiger partial charge < -0.3 is 14.2 Å². The number of ether oxygens (including phenoxy) is 3. The molecule has 26 heavy (non-hydrogen) atoms. The van der Waals surface area contributed by atoms with Crippen LogP contribution in [0.1, 0.15) is 18.1 Å². The van der Waals surface area contributed by atoms with Crippen LogP contribution in [0.15, 0.2) is 46.0 Å². The Balaban J connectivity index is 2.20. The Morgan fingerprint density at radius 3 is 2.77 bits per heavy atom. The second-order valence-electron chi connectivity index (χ2n) is 5.00. The first-order valence-corrected chi connectivity index (χ1v) is 8.91. The molecule has 0 atom stereocenters. The van der Waals surface area contributed by atoms with Gasteiger partial charge in [-0.3, -0.25) is 0 Å². The smallest absolute Gasteiger partial charge is 0.427 e. The lowest BCUT2D eigenvalue weighted by atomic mass is 10.2. The molecule has 2 aromatic rings. The van der Waals surface area contributed by atoms with Crippen molar-refractivity contribution in [1.82, 2.24) is 5.43 Å². The Morgan fingerprint density at radius 1 is 1.31 bits per heavy atom. The van der Waals surface area contributed by atoms with Crippen molar-refractivity contribution in [3.8, 4) is 11.5 Å². The third-order valence-electron chi connectivity index (χ3n) is 3.22. The Bertz CT molecular complexity index is 799. The average molecular weight is 442 g/mol. The van der Waals surface area contributed by atoms with Gasteiger partial charge in [0.2, 0.25) is 0 Å². The highest BCUT2D eigenvalue weighted by Crippen LogP contribution is 2.37. The number of amides is 1. The van der Waals surface area contributed by atoms with Crippen molar-refractivity contribution in [2.75, 3.05) is 13.7 Å². The fourth-order valence-corrected chi connectivity index (χ4v) is 2.80. The maximum atomic E-state index is 11.0. The van der Waals surface area contributed by atoms with Crippen LogP contribution in [0.5, 0.6) is 11.5 Å². The van der Waals surface area contributed by atoms with Crippen molar-refractivity contribution in [3.63, 3.8) is 0 Å². The third kappa shape index (κ3) is 5.64. The number of methoxy groups -OCH3 is 1. The van der Waals surface area contributed by atoms with Crippen molar-refractivity contribution >= 4 is 39.8 Å². The number of nitrogens with zero attached hydrogens (tertiary/aromatic N) is 1. The second kappa shape index (κ2) is 10.0. The maximum Gasteiger partial charge on any atom is 0.427 e. The van der Waals surface area contributed by atoms with Crippen LogP contribution in [-0.4, -0.2) is 26.0 Å². The first-order chi connectivity index (χ1) is 12.5. The molecule has 1 N–H and O–H groups in total. The molecular formula is C18H18BrClN2O4. The van der Waals surface area contributed by atoms with Crippen LogP contribution >= 0.6 is 27.5 Å². The Labute approximate surface area is 165 Å². The molecule has 0 aromatic heterocycles. The van der Waals surface area contributed by atoms with E-state index >= 15 is 0 Å². The summed E-state index contributed by atoms with van der Waals surface area (Å²) in [5, 5.41) is 4.44. The van der Waals surface area contributed by atoms with Gasteiger partial charge in [-0.25, -0.2) is 10.2 Å². The predicted molar refractivity (Wildman–Crippen MR) is 104 cm³/mol. The molecule has 0 saturated carbocycles. The molecule has 0 aliphatic heterocycles. The van der Waals surface area contributed by atoms with Crippen molar-refractivity contribution in [3.05, 3.63) is 57.0 Å². The fraction of sp³-hybridized carbons (Fsp3) is 0.222. The lowest BCUT2D eigenvalue weighted by Gasteiger charge is -2.15. The first kappa shape index (κ1) is 20.1. The lowest BCUT2D eigenvalue weighted by Crippen LogP contribution is -2.16. The van der Waals surface area contributed by atoms with Gasteiger partial charge in [-0.15, -0.1) is 0 Å². The van der Waals surface area contributed by atoms with Crippen LogP contribution in [0.2, 0.25) is 5.02 Å². The largest absolute Gasteiger partial charge is 0.490 e. The zero-order chi connectivity index (χ0) is 18.9. The SMILES string of the molecule is CCOc1cc(C=NNC(=O)OC)cc(Br)c1OCc1ccccc1Cl. The fourth-order valence-electron chi connectivity index (χ4n) is 2.04. The topological polar surface area (TPSA) is 69.2 Å². The van der Waals surface area contributed by atoms with E-state index in [1.807, 2.05) is 31.2 Å². The number of hydrazone groups is 1. The van der Waals surface area contributed by atoms with Gasteiger partial charge in [0.25, 0.3) is 0 Å². The molecule has 0 fully saturated rings. The van der Waals surface area contributed by atoms with Crippen LogP contribution in [0, 0.1) is 0 Å². The molecule has 0 radical (unpaired) electrons. The zero-order valence-electron chi connectivity index (χ0n) is 14.3. The van der Waals surface area contributed by atoms with Crippen LogP contribution in [0.25, 0.3) is 0 Å². The van der Waals surface area contributed by atoms with Crippen LogP contribution < -0.4 is 14.9 Å². The quantitative estimate of drug-likeness (QED) is 0.496. The summed E-state index contributed by atoms with van der Waals surface area (Å²) < 4.78 is 16.7. The highest BCUT2D eigenvalue weighted by atomic mass is 79.9.